The molecule has 0 radical (unpaired) electrons. The SMILES string of the molecule is COC(=O)/C(Cl)=C/C1C(C(=O)O)C1(C)C. The van der Waals surface area contributed by atoms with Crippen LogP contribution < -0.4 is 0 Å². The summed E-state index contributed by atoms with van der Waals surface area (Å²) in [4.78, 5) is 21.8. The molecule has 1 saturated carbocycles. The lowest BCUT2D eigenvalue weighted by atomic mass is 10.1. The van der Waals surface area contributed by atoms with Crippen molar-refractivity contribution in [3.63, 3.8) is 0 Å². The molecule has 0 spiro atoms. The molecule has 1 aliphatic carbocycles. The standard InChI is InChI=1S/C10H13ClO4/c1-10(2)5(7(10)8(12)13)4-6(11)9(14)15-3/h4-5,7H,1-3H3,(H,12,13)/b6-4-. The van der Waals surface area contributed by atoms with Gasteiger partial charge in [0.2, 0.25) is 0 Å². The third kappa shape index (κ3) is 2.15. The maximum atomic E-state index is 11.0. The summed E-state index contributed by atoms with van der Waals surface area (Å²) >= 11 is 5.66. The highest BCUT2D eigenvalue weighted by Crippen LogP contribution is 2.59. The predicted octanol–water partition coefficient (Wildman–Crippen LogP) is 1.64. The summed E-state index contributed by atoms with van der Waals surface area (Å²) in [5.74, 6) is -2.18. The van der Waals surface area contributed by atoms with E-state index in [4.69, 9.17) is 16.7 Å². The lowest BCUT2D eigenvalue weighted by Crippen LogP contribution is -2.03. The number of carboxylic acid groups (broad SMARTS) is 1. The molecule has 0 amide bonds. The number of aliphatic carboxylic acids is 1. The summed E-state index contributed by atoms with van der Waals surface area (Å²) in [6, 6.07) is 0. The van der Waals surface area contributed by atoms with Gasteiger partial charge < -0.3 is 9.84 Å². The average molecular weight is 233 g/mol. The van der Waals surface area contributed by atoms with Gasteiger partial charge in [-0.25, -0.2) is 4.79 Å². The number of carboxylic acids is 1. The fourth-order valence-corrected chi connectivity index (χ4v) is 2.00. The van der Waals surface area contributed by atoms with Crippen molar-refractivity contribution in [3.8, 4) is 0 Å². The molecule has 1 fully saturated rings. The molecule has 0 bridgehead atoms. The third-order valence-electron chi connectivity index (χ3n) is 2.88. The molecule has 15 heavy (non-hydrogen) atoms. The van der Waals surface area contributed by atoms with E-state index in [0.717, 1.165) is 0 Å². The van der Waals surface area contributed by atoms with E-state index in [0.29, 0.717) is 0 Å². The number of hydrogen-bond donors (Lipinski definition) is 1. The van der Waals surface area contributed by atoms with E-state index in [1.54, 1.807) is 0 Å². The van der Waals surface area contributed by atoms with Gasteiger partial charge in [-0.3, -0.25) is 4.79 Å². The normalized spacial score (nSPS) is 28.4. The minimum atomic E-state index is -0.865. The van der Waals surface area contributed by atoms with Gasteiger partial charge in [-0.1, -0.05) is 31.5 Å². The van der Waals surface area contributed by atoms with E-state index in [1.807, 2.05) is 13.8 Å². The molecule has 2 unspecified atom stereocenters. The van der Waals surface area contributed by atoms with Crippen LogP contribution in [0.15, 0.2) is 11.1 Å². The molecule has 84 valence electrons. The maximum Gasteiger partial charge on any atom is 0.349 e. The van der Waals surface area contributed by atoms with Crippen molar-refractivity contribution >= 4 is 23.5 Å². The number of ether oxygens (including phenoxy) is 1. The van der Waals surface area contributed by atoms with E-state index < -0.39 is 17.9 Å². The van der Waals surface area contributed by atoms with Gasteiger partial charge >= 0.3 is 11.9 Å². The van der Waals surface area contributed by atoms with Crippen molar-refractivity contribution in [2.24, 2.45) is 17.3 Å². The Morgan fingerprint density at radius 1 is 1.47 bits per heavy atom. The minimum Gasteiger partial charge on any atom is -0.481 e. The van der Waals surface area contributed by atoms with E-state index >= 15 is 0 Å². The van der Waals surface area contributed by atoms with Crippen molar-refractivity contribution in [1.29, 1.82) is 0 Å². The number of carbonyl (C=O) groups is 2. The van der Waals surface area contributed by atoms with Crippen LogP contribution in [0, 0.1) is 17.3 Å². The monoisotopic (exact) mass is 232 g/mol. The Kier molecular flexibility index (Phi) is 3.09. The van der Waals surface area contributed by atoms with Gasteiger partial charge in [-0.2, -0.15) is 0 Å². The second-order valence-electron chi connectivity index (χ2n) is 4.17. The predicted molar refractivity (Wildman–Crippen MR) is 54.3 cm³/mol. The minimum absolute atomic E-state index is 0.0562. The molecule has 0 heterocycles. The van der Waals surface area contributed by atoms with Gasteiger partial charge in [0.05, 0.1) is 13.0 Å². The van der Waals surface area contributed by atoms with Gasteiger partial charge in [0.1, 0.15) is 5.03 Å². The summed E-state index contributed by atoms with van der Waals surface area (Å²) in [5, 5.41) is 8.82. The zero-order valence-electron chi connectivity index (χ0n) is 8.78. The zero-order valence-corrected chi connectivity index (χ0v) is 9.54. The van der Waals surface area contributed by atoms with Crippen LogP contribution in [0.5, 0.6) is 0 Å². The first-order valence-corrected chi connectivity index (χ1v) is 4.88. The van der Waals surface area contributed by atoms with E-state index in [1.165, 1.54) is 13.2 Å². The molecular weight excluding hydrogens is 220 g/mol. The fraction of sp³-hybridized carbons (Fsp3) is 0.600. The van der Waals surface area contributed by atoms with Crippen molar-refractivity contribution in [2.75, 3.05) is 7.11 Å². The van der Waals surface area contributed by atoms with Crippen LogP contribution in [-0.2, 0) is 14.3 Å². The highest BCUT2D eigenvalue weighted by atomic mass is 35.5. The van der Waals surface area contributed by atoms with Crippen molar-refractivity contribution < 1.29 is 19.4 Å². The summed E-state index contributed by atoms with van der Waals surface area (Å²) in [7, 11) is 1.23. The van der Waals surface area contributed by atoms with E-state index in [-0.39, 0.29) is 16.4 Å². The fourth-order valence-electron chi connectivity index (χ4n) is 1.78. The molecule has 0 aliphatic heterocycles. The topological polar surface area (TPSA) is 63.6 Å². The van der Waals surface area contributed by atoms with Gasteiger partial charge in [-0.05, 0) is 11.3 Å². The van der Waals surface area contributed by atoms with Crippen molar-refractivity contribution in [1.82, 2.24) is 0 Å². The number of rotatable bonds is 3. The lowest BCUT2D eigenvalue weighted by Gasteiger charge is -1.98. The Labute approximate surface area is 92.9 Å². The number of halogens is 1. The first kappa shape index (κ1) is 12.0. The molecule has 1 rings (SSSR count). The van der Waals surface area contributed by atoms with E-state index in [2.05, 4.69) is 4.74 Å². The zero-order chi connectivity index (χ0) is 11.8. The van der Waals surface area contributed by atoms with Crippen LogP contribution in [0.2, 0.25) is 0 Å². The number of esters is 1. The highest BCUT2D eigenvalue weighted by Gasteiger charge is 2.61. The molecule has 5 heteroatoms. The first-order chi connectivity index (χ1) is 6.82. The molecule has 0 aromatic heterocycles. The molecule has 2 atom stereocenters. The van der Waals surface area contributed by atoms with Crippen LogP contribution in [0.4, 0.5) is 0 Å². The van der Waals surface area contributed by atoms with Crippen LogP contribution >= 0.6 is 11.6 Å². The molecular formula is C10H13ClO4. The summed E-state index contributed by atoms with van der Waals surface area (Å²) < 4.78 is 4.42. The molecule has 1 aliphatic rings. The molecule has 0 saturated heterocycles. The van der Waals surface area contributed by atoms with Crippen molar-refractivity contribution in [2.45, 2.75) is 13.8 Å². The Morgan fingerprint density at radius 2 is 2.00 bits per heavy atom. The van der Waals surface area contributed by atoms with Crippen molar-refractivity contribution in [3.05, 3.63) is 11.1 Å². The quantitative estimate of drug-likeness (QED) is 0.594. The Hall–Kier alpha value is -1.03. The largest absolute Gasteiger partial charge is 0.481 e. The molecule has 0 aromatic carbocycles. The molecule has 0 aromatic rings. The number of carbonyl (C=O) groups excluding carboxylic acids is 1. The second-order valence-corrected chi connectivity index (χ2v) is 4.58. The molecule has 1 N–H and O–H groups in total. The van der Waals surface area contributed by atoms with Crippen LogP contribution in [0.25, 0.3) is 0 Å². The highest BCUT2D eigenvalue weighted by molar-refractivity contribution is 6.41. The summed E-state index contributed by atoms with van der Waals surface area (Å²) in [5.41, 5.74) is -0.347. The Balaban J connectivity index is 2.78. The Bertz CT molecular complexity index is 332. The van der Waals surface area contributed by atoms with Gasteiger partial charge in [0.15, 0.2) is 0 Å². The number of methoxy groups -OCH3 is 1. The van der Waals surface area contributed by atoms with Crippen LogP contribution in [0.1, 0.15) is 13.8 Å². The summed E-state index contributed by atoms with van der Waals surface area (Å²) in [6.45, 7) is 3.66. The van der Waals surface area contributed by atoms with Gasteiger partial charge in [-0.15, -0.1) is 0 Å². The number of hydrogen-bond acceptors (Lipinski definition) is 3. The van der Waals surface area contributed by atoms with Gasteiger partial charge in [0.25, 0.3) is 0 Å². The van der Waals surface area contributed by atoms with Crippen LogP contribution in [0.3, 0.4) is 0 Å². The lowest BCUT2D eigenvalue weighted by molar-refractivity contribution is -0.139. The summed E-state index contributed by atoms with van der Waals surface area (Å²) in [6.07, 6.45) is 1.46. The smallest absolute Gasteiger partial charge is 0.349 e. The van der Waals surface area contributed by atoms with E-state index in [9.17, 15) is 9.59 Å². The first-order valence-electron chi connectivity index (χ1n) is 4.50. The average Bonchev–Trinajstić information content (AvgIpc) is 2.66. The second kappa shape index (κ2) is 3.85. The number of allylic oxidation sites excluding steroid dienone is 1. The van der Waals surface area contributed by atoms with Gasteiger partial charge in [0, 0.05) is 0 Å². The third-order valence-corrected chi connectivity index (χ3v) is 3.16. The maximum absolute atomic E-state index is 11.0. The molecule has 4 nitrogen and oxygen atoms in total. The van der Waals surface area contributed by atoms with Crippen LogP contribution in [-0.4, -0.2) is 24.2 Å². The Morgan fingerprint density at radius 3 is 2.33 bits per heavy atom.